The summed E-state index contributed by atoms with van der Waals surface area (Å²) in [6, 6.07) is 6.12. The highest BCUT2D eigenvalue weighted by atomic mass is 79.9. The summed E-state index contributed by atoms with van der Waals surface area (Å²) in [4.78, 5) is 27.2. The van der Waals surface area contributed by atoms with Crippen molar-refractivity contribution in [3.63, 3.8) is 0 Å². The Kier molecular flexibility index (Phi) is 6.78. The molecule has 0 radical (unpaired) electrons. The Morgan fingerprint density at radius 1 is 1.23 bits per heavy atom. The van der Waals surface area contributed by atoms with Crippen molar-refractivity contribution in [3.05, 3.63) is 46.7 Å². The van der Waals surface area contributed by atoms with E-state index >= 15 is 0 Å². The Morgan fingerprint density at radius 2 is 1.94 bits per heavy atom. The number of aromatic amines is 1. The number of hydrogen-bond donors (Lipinski definition) is 3. The third kappa shape index (κ3) is 5.72. The Labute approximate surface area is 183 Å². The fraction of sp³-hybridized carbons (Fsp3) is 0.263. The summed E-state index contributed by atoms with van der Waals surface area (Å²) >= 11 is 3.36. The monoisotopic (exact) mass is 498 g/mol. The lowest BCUT2D eigenvalue weighted by molar-refractivity contribution is -0.137. The van der Waals surface area contributed by atoms with Crippen LogP contribution in [0.25, 0.3) is 22.9 Å². The van der Waals surface area contributed by atoms with Gasteiger partial charge in [-0.05, 0) is 41.1 Å². The quantitative estimate of drug-likeness (QED) is 0.463. The summed E-state index contributed by atoms with van der Waals surface area (Å²) in [5, 5.41) is 5.71. The lowest BCUT2D eigenvalue weighted by Gasteiger charge is -2.14. The van der Waals surface area contributed by atoms with Crippen molar-refractivity contribution in [3.8, 4) is 22.9 Å². The fourth-order valence-electron chi connectivity index (χ4n) is 2.59. The third-order valence-corrected chi connectivity index (χ3v) is 4.73. The standard InChI is InChI=1S/C19H18BrF3N6O2/c1-10(26-18(30)31-2)9-25-13-7-8-24-17(27-13)14-15(20)29-16(28-14)11-3-5-12(6-4-11)19(21,22)23/h3-8,10H,9H2,1-2H3,(H,26,30)(H,28,29)(H,24,25,27). The van der Waals surface area contributed by atoms with E-state index in [4.69, 9.17) is 0 Å². The van der Waals surface area contributed by atoms with Crippen molar-refractivity contribution in [2.24, 2.45) is 0 Å². The zero-order valence-electron chi connectivity index (χ0n) is 16.4. The number of anilines is 1. The van der Waals surface area contributed by atoms with Gasteiger partial charge in [-0.15, -0.1) is 0 Å². The summed E-state index contributed by atoms with van der Waals surface area (Å²) in [6.07, 6.45) is -3.39. The molecule has 3 rings (SSSR count). The number of aromatic nitrogens is 4. The first-order valence-corrected chi connectivity index (χ1v) is 9.81. The van der Waals surface area contributed by atoms with Crippen molar-refractivity contribution in [2.75, 3.05) is 19.0 Å². The number of rotatable bonds is 6. The second-order valence-corrected chi connectivity index (χ2v) is 7.30. The zero-order valence-corrected chi connectivity index (χ0v) is 18.0. The van der Waals surface area contributed by atoms with E-state index in [2.05, 4.69) is 51.2 Å². The smallest absolute Gasteiger partial charge is 0.416 e. The van der Waals surface area contributed by atoms with Gasteiger partial charge in [0.05, 0.1) is 12.7 Å². The van der Waals surface area contributed by atoms with E-state index in [1.54, 1.807) is 19.2 Å². The average molecular weight is 499 g/mol. The predicted molar refractivity (Wildman–Crippen MR) is 111 cm³/mol. The van der Waals surface area contributed by atoms with Gasteiger partial charge in [0.1, 0.15) is 21.9 Å². The first-order valence-electron chi connectivity index (χ1n) is 9.02. The Bertz CT molecular complexity index is 1060. The molecule has 0 saturated heterocycles. The molecular weight excluding hydrogens is 481 g/mol. The number of carbonyl (C=O) groups excluding carboxylic acids is 1. The summed E-state index contributed by atoms with van der Waals surface area (Å²) in [6.45, 7) is 2.19. The molecule has 2 heterocycles. The maximum Gasteiger partial charge on any atom is 0.416 e. The molecule has 0 bridgehead atoms. The molecule has 1 amide bonds. The van der Waals surface area contributed by atoms with Gasteiger partial charge in [-0.25, -0.2) is 19.7 Å². The maximum absolute atomic E-state index is 12.8. The largest absolute Gasteiger partial charge is 0.453 e. The number of alkyl carbamates (subject to hydrolysis) is 1. The fourth-order valence-corrected chi connectivity index (χ4v) is 3.05. The van der Waals surface area contributed by atoms with Crippen molar-refractivity contribution in [2.45, 2.75) is 19.1 Å². The van der Waals surface area contributed by atoms with Crippen LogP contribution in [0.4, 0.5) is 23.8 Å². The molecule has 0 spiro atoms. The number of nitrogens with one attached hydrogen (secondary N) is 3. The molecule has 2 aromatic heterocycles. The van der Waals surface area contributed by atoms with Gasteiger partial charge in [0.15, 0.2) is 5.82 Å². The van der Waals surface area contributed by atoms with Gasteiger partial charge < -0.3 is 20.4 Å². The number of benzene rings is 1. The van der Waals surface area contributed by atoms with Gasteiger partial charge in [0.2, 0.25) is 0 Å². The normalized spacial score (nSPS) is 12.3. The van der Waals surface area contributed by atoms with E-state index in [9.17, 15) is 18.0 Å². The minimum atomic E-state index is -4.40. The Morgan fingerprint density at radius 3 is 2.58 bits per heavy atom. The minimum absolute atomic E-state index is 0.214. The van der Waals surface area contributed by atoms with Gasteiger partial charge in [-0.3, -0.25) is 0 Å². The second kappa shape index (κ2) is 9.33. The van der Waals surface area contributed by atoms with Crippen LogP contribution >= 0.6 is 15.9 Å². The van der Waals surface area contributed by atoms with Crippen LogP contribution in [-0.2, 0) is 10.9 Å². The number of nitrogens with zero attached hydrogens (tertiary/aromatic N) is 3. The number of ether oxygens (including phenoxy) is 1. The number of H-pyrrole nitrogens is 1. The molecule has 0 saturated carbocycles. The third-order valence-electron chi connectivity index (χ3n) is 4.15. The number of carbonyl (C=O) groups is 1. The van der Waals surface area contributed by atoms with Gasteiger partial charge in [-0.1, -0.05) is 12.1 Å². The van der Waals surface area contributed by atoms with Crippen molar-refractivity contribution >= 4 is 27.8 Å². The van der Waals surface area contributed by atoms with Crippen LogP contribution in [0.3, 0.4) is 0 Å². The second-order valence-electron chi connectivity index (χ2n) is 6.51. The van der Waals surface area contributed by atoms with E-state index in [-0.39, 0.29) is 6.04 Å². The van der Waals surface area contributed by atoms with Crippen LogP contribution in [-0.4, -0.2) is 45.7 Å². The number of methoxy groups -OCH3 is 1. The minimum Gasteiger partial charge on any atom is -0.453 e. The summed E-state index contributed by atoms with van der Waals surface area (Å²) in [5.41, 5.74) is 0.149. The number of halogens is 4. The molecule has 3 N–H and O–H groups in total. The van der Waals surface area contributed by atoms with Crippen molar-refractivity contribution in [1.82, 2.24) is 25.3 Å². The molecule has 0 fully saturated rings. The summed E-state index contributed by atoms with van der Waals surface area (Å²) in [7, 11) is 1.28. The summed E-state index contributed by atoms with van der Waals surface area (Å²) in [5.74, 6) is 1.18. The van der Waals surface area contributed by atoms with Crippen LogP contribution in [0.15, 0.2) is 41.1 Å². The molecular formula is C19H18BrF3N6O2. The van der Waals surface area contributed by atoms with Crippen LogP contribution in [0, 0.1) is 0 Å². The number of amides is 1. The molecule has 0 aliphatic rings. The lowest BCUT2D eigenvalue weighted by atomic mass is 10.1. The van der Waals surface area contributed by atoms with E-state index in [0.717, 1.165) is 12.1 Å². The maximum atomic E-state index is 12.8. The number of alkyl halides is 3. The van der Waals surface area contributed by atoms with E-state index in [0.29, 0.717) is 39.9 Å². The molecule has 31 heavy (non-hydrogen) atoms. The molecule has 1 unspecified atom stereocenters. The van der Waals surface area contributed by atoms with Crippen LogP contribution in [0.5, 0.6) is 0 Å². The highest BCUT2D eigenvalue weighted by Gasteiger charge is 2.30. The Hall–Kier alpha value is -3.15. The highest BCUT2D eigenvalue weighted by molar-refractivity contribution is 9.10. The van der Waals surface area contributed by atoms with Gasteiger partial charge in [0, 0.05) is 24.3 Å². The first kappa shape index (κ1) is 22.5. The van der Waals surface area contributed by atoms with Crippen LogP contribution in [0.2, 0.25) is 0 Å². The van der Waals surface area contributed by atoms with E-state index in [1.165, 1.54) is 19.2 Å². The Balaban J connectivity index is 1.76. The van der Waals surface area contributed by atoms with Crippen molar-refractivity contribution in [1.29, 1.82) is 0 Å². The van der Waals surface area contributed by atoms with Crippen LogP contribution in [0.1, 0.15) is 12.5 Å². The number of hydrogen-bond acceptors (Lipinski definition) is 6. The molecule has 1 atom stereocenters. The topological polar surface area (TPSA) is 105 Å². The van der Waals surface area contributed by atoms with Gasteiger partial charge in [0.25, 0.3) is 0 Å². The van der Waals surface area contributed by atoms with Crippen LogP contribution < -0.4 is 10.6 Å². The molecule has 0 aliphatic carbocycles. The van der Waals surface area contributed by atoms with E-state index in [1.807, 2.05) is 0 Å². The molecule has 164 valence electrons. The first-order chi connectivity index (χ1) is 14.7. The summed E-state index contributed by atoms with van der Waals surface area (Å²) < 4.78 is 43.3. The van der Waals surface area contributed by atoms with E-state index < -0.39 is 17.8 Å². The average Bonchev–Trinajstić information content (AvgIpc) is 3.13. The molecule has 0 aliphatic heterocycles. The molecule has 1 aromatic carbocycles. The predicted octanol–water partition coefficient (Wildman–Crippen LogP) is 4.47. The number of imidazole rings is 1. The molecule has 3 aromatic rings. The SMILES string of the molecule is COC(=O)NC(C)CNc1ccnc(-c2nc(-c3ccc(C(F)(F)F)cc3)[nH]c2Br)n1. The molecule has 12 heteroatoms. The van der Waals surface area contributed by atoms with Gasteiger partial charge in [-0.2, -0.15) is 13.2 Å². The molecule has 8 nitrogen and oxygen atoms in total. The highest BCUT2D eigenvalue weighted by Crippen LogP contribution is 2.32. The lowest BCUT2D eigenvalue weighted by Crippen LogP contribution is -2.37. The zero-order chi connectivity index (χ0) is 22.6. The van der Waals surface area contributed by atoms with Crippen molar-refractivity contribution < 1.29 is 22.7 Å². The van der Waals surface area contributed by atoms with Gasteiger partial charge >= 0.3 is 12.3 Å².